The molecule has 1 rings (SSSR count). The van der Waals surface area contributed by atoms with Gasteiger partial charge in [-0.2, -0.15) is 0 Å². The van der Waals surface area contributed by atoms with Crippen LogP contribution in [0.25, 0.3) is 0 Å². The van der Waals surface area contributed by atoms with Gasteiger partial charge in [0, 0.05) is 5.54 Å². The number of unbranched alkanes of at least 4 members (excludes halogenated alkanes) is 2. The second kappa shape index (κ2) is 8.10. The van der Waals surface area contributed by atoms with E-state index in [-0.39, 0.29) is 5.54 Å². The molecule has 0 aliphatic carbocycles. The minimum Gasteiger partial charge on any atom is -0.312 e. The number of nitrogens with one attached hydrogen (secondary N) is 1. The van der Waals surface area contributed by atoms with Crippen LogP contribution in [0.2, 0.25) is 0 Å². The van der Waals surface area contributed by atoms with Gasteiger partial charge in [0.1, 0.15) is 0 Å². The van der Waals surface area contributed by atoms with Gasteiger partial charge in [0.2, 0.25) is 0 Å². The molecule has 0 aromatic carbocycles. The number of nitrogens with zero attached hydrogens (tertiary/aromatic N) is 1. The van der Waals surface area contributed by atoms with Crippen molar-refractivity contribution in [2.45, 2.75) is 71.3 Å². The van der Waals surface area contributed by atoms with Gasteiger partial charge in [-0.15, -0.1) is 0 Å². The fourth-order valence-corrected chi connectivity index (χ4v) is 2.46. The molecular weight excluding hydrogens is 208 g/mol. The normalized spacial score (nSPS) is 19.2. The van der Waals surface area contributed by atoms with Crippen LogP contribution in [0.1, 0.15) is 65.7 Å². The second-order valence-corrected chi connectivity index (χ2v) is 6.49. The summed E-state index contributed by atoms with van der Waals surface area (Å²) in [5.41, 5.74) is 0.283. The molecule has 0 bridgehead atoms. The molecule has 1 saturated heterocycles. The first kappa shape index (κ1) is 15.0. The molecule has 0 spiro atoms. The molecule has 17 heavy (non-hydrogen) atoms. The van der Waals surface area contributed by atoms with Crippen LogP contribution in [-0.4, -0.2) is 36.6 Å². The lowest BCUT2D eigenvalue weighted by Crippen LogP contribution is -2.36. The second-order valence-electron chi connectivity index (χ2n) is 6.49. The third-order valence-electron chi connectivity index (χ3n) is 3.51. The van der Waals surface area contributed by atoms with E-state index in [9.17, 15) is 0 Å². The predicted octanol–water partition coefficient (Wildman–Crippen LogP) is 3.42. The largest absolute Gasteiger partial charge is 0.312 e. The lowest BCUT2D eigenvalue weighted by atomic mass is 10.1. The summed E-state index contributed by atoms with van der Waals surface area (Å²) in [6.07, 6.45) is 9.83. The maximum absolute atomic E-state index is 3.56. The molecule has 0 radical (unpaired) electrons. The maximum atomic E-state index is 3.56. The van der Waals surface area contributed by atoms with Gasteiger partial charge in [-0.1, -0.05) is 19.3 Å². The molecule has 0 saturated carbocycles. The molecule has 0 unspecified atom stereocenters. The summed E-state index contributed by atoms with van der Waals surface area (Å²) in [5, 5.41) is 3.56. The van der Waals surface area contributed by atoms with Crippen molar-refractivity contribution in [2.75, 3.05) is 26.2 Å². The van der Waals surface area contributed by atoms with Crippen molar-refractivity contribution in [3.8, 4) is 0 Å². The van der Waals surface area contributed by atoms with Gasteiger partial charge in [0.25, 0.3) is 0 Å². The minimum absolute atomic E-state index is 0.283. The fraction of sp³-hybridized carbons (Fsp3) is 1.00. The van der Waals surface area contributed by atoms with Gasteiger partial charge >= 0.3 is 0 Å². The van der Waals surface area contributed by atoms with Gasteiger partial charge in [0.05, 0.1) is 0 Å². The van der Waals surface area contributed by atoms with E-state index in [1.807, 2.05) is 0 Å². The Bertz CT molecular complexity index is 176. The van der Waals surface area contributed by atoms with Crippen LogP contribution in [0.15, 0.2) is 0 Å². The molecule has 102 valence electrons. The summed E-state index contributed by atoms with van der Waals surface area (Å²) in [7, 11) is 0. The highest BCUT2D eigenvalue weighted by Crippen LogP contribution is 2.10. The zero-order valence-electron chi connectivity index (χ0n) is 12.2. The van der Waals surface area contributed by atoms with Gasteiger partial charge < -0.3 is 10.2 Å². The first-order valence-electron chi connectivity index (χ1n) is 7.55. The highest BCUT2D eigenvalue weighted by atomic mass is 15.1. The molecule has 0 aromatic heterocycles. The van der Waals surface area contributed by atoms with Crippen molar-refractivity contribution < 1.29 is 0 Å². The van der Waals surface area contributed by atoms with Crippen LogP contribution in [0, 0.1) is 0 Å². The summed E-state index contributed by atoms with van der Waals surface area (Å²) in [4.78, 5) is 2.67. The zero-order valence-corrected chi connectivity index (χ0v) is 12.2. The summed E-state index contributed by atoms with van der Waals surface area (Å²) < 4.78 is 0. The number of hydrogen-bond acceptors (Lipinski definition) is 2. The van der Waals surface area contributed by atoms with Crippen molar-refractivity contribution in [3.63, 3.8) is 0 Å². The Kier molecular flexibility index (Phi) is 7.14. The Morgan fingerprint density at radius 2 is 1.53 bits per heavy atom. The quantitative estimate of drug-likeness (QED) is 0.716. The Balaban J connectivity index is 1.93. The van der Waals surface area contributed by atoms with Gasteiger partial charge in [-0.05, 0) is 72.6 Å². The topological polar surface area (TPSA) is 15.3 Å². The summed E-state index contributed by atoms with van der Waals surface area (Å²) in [5.74, 6) is 0. The number of rotatable bonds is 6. The Hall–Kier alpha value is -0.0800. The Labute approximate surface area is 108 Å². The third kappa shape index (κ3) is 8.62. The van der Waals surface area contributed by atoms with Crippen LogP contribution in [0.3, 0.4) is 0 Å². The van der Waals surface area contributed by atoms with E-state index in [1.54, 1.807) is 0 Å². The van der Waals surface area contributed by atoms with Crippen LogP contribution >= 0.6 is 0 Å². The lowest BCUT2D eigenvalue weighted by Gasteiger charge is -2.21. The molecule has 2 nitrogen and oxygen atoms in total. The molecule has 1 heterocycles. The molecule has 1 aliphatic rings. The molecule has 0 amide bonds. The first-order valence-corrected chi connectivity index (χ1v) is 7.55. The highest BCUT2D eigenvalue weighted by molar-refractivity contribution is 4.70. The monoisotopic (exact) mass is 240 g/mol. The van der Waals surface area contributed by atoms with E-state index < -0.39 is 0 Å². The van der Waals surface area contributed by atoms with Gasteiger partial charge in [-0.3, -0.25) is 0 Å². The first-order chi connectivity index (χ1) is 8.08. The van der Waals surface area contributed by atoms with Crippen molar-refractivity contribution in [3.05, 3.63) is 0 Å². The molecule has 0 atom stereocenters. The smallest absolute Gasteiger partial charge is 0.00965 e. The summed E-state index contributed by atoms with van der Waals surface area (Å²) in [6.45, 7) is 11.9. The van der Waals surface area contributed by atoms with Crippen molar-refractivity contribution in [1.82, 2.24) is 10.2 Å². The SMILES string of the molecule is CC(C)(C)NCCCCCN1CCCCCC1. The van der Waals surface area contributed by atoms with Crippen LogP contribution in [0.4, 0.5) is 0 Å². The molecule has 0 aromatic rings. The standard InChI is InChI=1S/C15H32N2/c1-15(2,3)16-11-7-6-10-14-17-12-8-4-5-9-13-17/h16H,4-14H2,1-3H3. The van der Waals surface area contributed by atoms with E-state index in [1.165, 1.54) is 71.1 Å². The fourth-order valence-electron chi connectivity index (χ4n) is 2.46. The summed E-state index contributed by atoms with van der Waals surface area (Å²) >= 11 is 0. The average molecular weight is 240 g/mol. The number of hydrogen-bond donors (Lipinski definition) is 1. The molecule has 1 fully saturated rings. The molecule has 1 N–H and O–H groups in total. The van der Waals surface area contributed by atoms with Crippen molar-refractivity contribution in [2.24, 2.45) is 0 Å². The van der Waals surface area contributed by atoms with E-state index in [4.69, 9.17) is 0 Å². The van der Waals surface area contributed by atoms with Gasteiger partial charge in [-0.25, -0.2) is 0 Å². The summed E-state index contributed by atoms with van der Waals surface area (Å²) in [6, 6.07) is 0. The van der Waals surface area contributed by atoms with Gasteiger partial charge in [0.15, 0.2) is 0 Å². The Morgan fingerprint density at radius 3 is 2.12 bits per heavy atom. The van der Waals surface area contributed by atoms with Crippen LogP contribution in [-0.2, 0) is 0 Å². The van der Waals surface area contributed by atoms with Crippen molar-refractivity contribution >= 4 is 0 Å². The van der Waals surface area contributed by atoms with Crippen molar-refractivity contribution in [1.29, 1.82) is 0 Å². The van der Waals surface area contributed by atoms with E-state index in [0.717, 1.165) is 0 Å². The van der Waals surface area contributed by atoms with E-state index in [0.29, 0.717) is 0 Å². The number of likely N-dealkylation sites (tertiary alicyclic amines) is 1. The maximum Gasteiger partial charge on any atom is 0.00965 e. The molecule has 1 aliphatic heterocycles. The van der Waals surface area contributed by atoms with E-state index in [2.05, 4.69) is 31.0 Å². The minimum atomic E-state index is 0.283. The Morgan fingerprint density at radius 1 is 0.882 bits per heavy atom. The molecule has 2 heteroatoms. The predicted molar refractivity (Wildman–Crippen MR) is 76.5 cm³/mol. The molecular formula is C15H32N2. The highest BCUT2D eigenvalue weighted by Gasteiger charge is 2.09. The van der Waals surface area contributed by atoms with E-state index >= 15 is 0 Å². The zero-order chi connectivity index (χ0) is 12.6. The van der Waals surface area contributed by atoms with Crippen LogP contribution < -0.4 is 5.32 Å². The van der Waals surface area contributed by atoms with Crippen LogP contribution in [0.5, 0.6) is 0 Å². The third-order valence-corrected chi connectivity index (χ3v) is 3.51. The average Bonchev–Trinajstić information content (AvgIpc) is 2.50. The lowest BCUT2D eigenvalue weighted by molar-refractivity contribution is 0.277.